The first-order chi connectivity index (χ1) is 7.75. The second-order valence-corrected chi connectivity index (χ2v) is 4.18. The molecule has 2 aromatic rings. The number of rotatable bonds is 0. The monoisotopic (exact) mass is 218 g/mol. The van der Waals surface area contributed by atoms with Gasteiger partial charge in [0, 0.05) is 18.1 Å². The molecule has 0 unspecified atom stereocenters. The molecule has 0 fully saturated rings. The molecule has 0 N–H and O–H groups in total. The lowest BCUT2D eigenvalue weighted by molar-refractivity contribution is 0.485. The molecule has 1 aliphatic carbocycles. The molecule has 0 amide bonds. The molecule has 1 heterocycles. The largest absolute Gasteiger partial charge is 0.460 e. The second kappa shape index (κ2) is 3.44. The van der Waals surface area contributed by atoms with Crippen LogP contribution in [-0.2, 0) is 12.8 Å². The summed E-state index contributed by atoms with van der Waals surface area (Å²) in [6.45, 7) is 0. The molecule has 0 atom stereocenters. The van der Waals surface area contributed by atoms with Gasteiger partial charge in [0.1, 0.15) is 17.2 Å². The zero-order valence-electron chi connectivity index (χ0n) is 8.75. The van der Waals surface area contributed by atoms with Crippen LogP contribution in [-0.4, -0.2) is 0 Å². The van der Waals surface area contributed by atoms with Crippen LogP contribution in [0.15, 0.2) is 27.4 Å². The van der Waals surface area contributed by atoms with E-state index < -0.39 is 0 Å². The van der Waals surface area contributed by atoms with Crippen LogP contribution in [0.3, 0.4) is 0 Å². The third-order valence-corrected chi connectivity index (χ3v) is 3.11. The fourth-order valence-electron chi connectivity index (χ4n) is 2.29. The molecular weight excluding hydrogens is 207 g/mol. The lowest BCUT2D eigenvalue weighted by atomic mass is 9.96. The molecule has 0 aliphatic heterocycles. The molecule has 0 saturated heterocycles. The van der Waals surface area contributed by atoms with Gasteiger partial charge in [-0.25, -0.2) is 4.39 Å². The molecule has 3 rings (SSSR count). The molecule has 1 aliphatic rings. The lowest BCUT2D eigenvalue weighted by Gasteiger charge is -2.14. The average molecular weight is 218 g/mol. The van der Waals surface area contributed by atoms with Crippen LogP contribution in [0.4, 0.5) is 4.39 Å². The molecule has 1 aromatic carbocycles. The van der Waals surface area contributed by atoms with Gasteiger partial charge < -0.3 is 4.42 Å². The van der Waals surface area contributed by atoms with Crippen LogP contribution in [0.2, 0.25) is 0 Å². The van der Waals surface area contributed by atoms with Crippen molar-refractivity contribution >= 4 is 11.0 Å². The number of hydrogen-bond donors (Lipinski definition) is 0. The maximum Gasteiger partial charge on any atom is 0.196 e. The highest BCUT2D eigenvalue weighted by molar-refractivity contribution is 5.77. The predicted octanol–water partition coefficient (Wildman–Crippen LogP) is 2.81. The van der Waals surface area contributed by atoms with Gasteiger partial charge in [-0.2, -0.15) is 0 Å². The van der Waals surface area contributed by atoms with Crippen LogP contribution in [0.5, 0.6) is 0 Å². The fourth-order valence-corrected chi connectivity index (χ4v) is 2.29. The third-order valence-electron chi connectivity index (χ3n) is 3.11. The molecule has 82 valence electrons. The highest BCUT2D eigenvalue weighted by Gasteiger charge is 2.17. The van der Waals surface area contributed by atoms with Crippen molar-refractivity contribution < 1.29 is 8.81 Å². The molecular formula is C13H11FO2. The molecule has 16 heavy (non-hydrogen) atoms. The maximum atomic E-state index is 13.0. The zero-order chi connectivity index (χ0) is 11.1. The number of aryl methyl sites for hydroxylation is 1. The summed E-state index contributed by atoms with van der Waals surface area (Å²) in [5.74, 6) is 0.376. The van der Waals surface area contributed by atoms with Gasteiger partial charge in [-0.1, -0.05) is 0 Å². The zero-order valence-corrected chi connectivity index (χ0v) is 8.75. The Labute approximate surface area is 91.7 Å². The Morgan fingerprint density at radius 1 is 1.19 bits per heavy atom. The van der Waals surface area contributed by atoms with E-state index in [9.17, 15) is 9.18 Å². The minimum Gasteiger partial charge on any atom is -0.460 e. The van der Waals surface area contributed by atoms with Crippen molar-refractivity contribution in [1.82, 2.24) is 0 Å². The van der Waals surface area contributed by atoms with Crippen molar-refractivity contribution in [3.05, 3.63) is 45.6 Å². The smallest absolute Gasteiger partial charge is 0.196 e. The van der Waals surface area contributed by atoms with E-state index in [1.165, 1.54) is 18.2 Å². The van der Waals surface area contributed by atoms with Gasteiger partial charge in [0.25, 0.3) is 0 Å². The third kappa shape index (κ3) is 1.35. The number of fused-ring (bicyclic) bond motifs is 2. The summed E-state index contributed by atoms with van der Waals surface area (Å²) < 4.78 is 18.6. The van der Waals surface area contributed by atoms with Gasteiger partial charge in [0.2, 0.25) is 0 Å². The minimum atomic E-state index is -0.369. The summed E-state index contributed by atoms with van der Waals surface area (Å²) in [5.41, 5.74) is 1.16. The molecule has 0 spiro atoms. The van der Waals surface area contributed by atoms with Crippen LogP contribution < -0.4 is 5.43 Å². The van der Waals surface area contributed by atoms with E-state index in [0.717, 1.165) is 37.0 Å². The van der Waals surface area contributed by atoms with Gasteiger partial charge in [0.15, 0.2) is 5.43 Å². The summed E-state index contributed by atoms with van der Waals surface area (Å²) in [4.78, 5) is 12.1. The topological polar surface area (TPSA) is 30.2 Å². The summed E-state index contributed by atoms with van der Waals surface area (Å²) in [6, 6.07) is 4.09. The summed E-state index contributed by atoms with van der Waals surface area (Å²) in [7, 11) is 0. The van der Waals surface area contributed by atoms with Crippen LogP contribution >= 0.6 is 0 Å². The first-order valence-corrected chi connectivity index (χ1v) is 5.50. The van der Waals surface area contributed by atoms with E-state index in [4.69, 9.17) is 4.42 Å². The van der Waals surface area contributed by atoms with E-state index in [0.29, 0.717) is 11.0 Å². The van der Waals surface area contributed by atoms with Gasteiger partial charge in [-0.15, -0.1) is 0 Å². The average Bonchev–Trinajstić information content (AvgIpc) is 2.29. The molecule has 0 bridgehead atoms. The van der Waals surface area contributed by atoms with Crippen molar-refractivity contribution in [2.24, 2.45) is 0 Å². The van der Waals surface area contributed by atoms with Gasteiger partial charge >= 0.3 is 0 Å². The van der Waals surface area contributed by atoms with E-state index in [1.54, 1.807) is 0 Å². The van der Waals surface area contributed by atoms with Crippen molar-refractivity contribution in [2.75, 3.05) is 0 Å². The Balaban J connectivity index is 2.39. The normalized spacial score (nSPS) is 15.1. The Hall–Kier alpha value is -1.64. The summed E-state index contributed by atoms with van der Waals surface area (Å²) >= 11 is 0. The highest BCUT2D eigenvalue weighted by Crippen LogP contribution is 2.23. The van der Waals surface area contributed by atoms with E-state index >= 15 is 0 Å². The van der Waals surface area contributed by atoms with Crippen LogP contribution in [0, 0.1) is 5.82 Å². The Morgan fingerprint density at radius 2 is 2.00 bits per heavy atom. The van der Waals surface area contributed by atoms with Crippen LogP contribution in [0.25, 0.3) is 11.0 Å². The standard InChI is InChI=1S/C13H11FO2/c14-8-5-6-10-12(7-8)16-11-4-2-1-3-9(11)13(10)15/h5-7H,1-4H2. The molecule has 0 saturated carbocycles. The van der Waals surface area contributed by atoms with E-state index in [-0.39, 0.29) is 11.2 Å². The lowest BCUT2D eigenvalue weighted by Crippen LogP contribution is -2.16. The van der Waals surface area contributed by atoms with Crippen LogP contribution in [0.1, 0.15) is 24.2 Å². The van der Waals surface area contributed by atoms with Crippen molar-refractivity contribution in [2.45, 2.75) is 25.7 Å². The first-order valence-electron chi connectivity index (χ1n) is 5.50. The maximum absolute atomic E-state index is 13.0. The van der Waals surface area contributed by atoms with Crippen molar-refractivity contribution in [3.8, 4) is 0 Å². The van der Waals surface area contributed by atoms with Gasteiger partial charge in [-0.3, -0.25) is 4.79 Å². The fraction of sp³-hybridized carbons (Fsp3) is 0.308. The SMILES string of the molecule is O=c1c2c(oc3cc(F)ccc13)CCCC2. The predicted molar refractivity (Wildman–Crippen MR) is 59.1 cm³/mol. The molecule has 1 aromatic heterocycles. The Kier molecular flexibility index (Phi) is 2.06. The number of hydrogen-bond acceptors (Lipinski definition) is 2. The van der Waals surface area contributed by atoms with Gasteiger partial charge in [-0.05, 0) is 31.4 Å². The summed E-state index contributed by atoms with van der Waals surface area (Å²) in [5, 5.41) is 0.488. The van der Waals surface area contributed by atoms with Gasteiger partial charge in [0.05, 0.1) is 5.39 Å². The number of benzene rings is 1. The molecule has 0 radical (unpaired) electrons. The Morgan fingerprint density at radius 3 is 2.88 bits per heavy atom. The molecule has 3 heteroatoms. The van der Waals surface area contributed by atoms with Crippen molar-refractivity contribution in [3.63, 3.8) is 0 Å². The second-order valence-electron chi connectivity index (χ2n) is 4.18. The Bertz CT molecular complexity index is 613. The van der Waals surface area contributed by atoms with E-state index in [2.05, 4.69) is 0 Å². The quantitative estimate of drug-likeness (QED) is 0.680. The first kappa shape index (κ1) is 9.58. The van der Waals surface area contributed by atoms with E-state index in [1.807, 2.05) is 0 Å². The molecule has 2 nitrogen and oxygen atoms in total. The number of halogens is 1. The minimum absolute atomic E-state index is 0.0101. The summed E-state index contributed by atoms with van der Waals surface area (Å²) in [6.07, 6.45) is 3.64. The highest BCUT2D eigenvalue weighted by atomic mass is 19.1. The van der Waals surface area contributed by atoms with Crippen molar-refractivity contribution in [1.29, 1.82) is 0 Å².